The number of piperazine rings is 1. The molecule has 28 heavy (non-hydrogen) atoms. The van der Waals surface area contributed by atoms with Crippen LogP contribution < -0.4 is 21.2 Å². The summed E-state index contributed by atoms with van der Waals surface area (Å²) in [6.45, 7) is 8.46. The van der Waals surface area contributed by atoms with Crippen molar-refractivity contribution < 1.29 is 4.79 Å². The number of halogens is 1. The Balaban J connectivity index is 1.50. The third kappa shape index (κ3) is 5.62. The van der Waals surface area contributed by atoms with Crippen molar-refractivity contribution in [3.63, 3.8) is 0 Å². The van der Waals surface area contributed by atoms with Crippen LogP contribution in [0.5, 0.6) is 0 Å². The highest BCUT2D eigenvalue weighted by Crippen LogP contribution is 2.17. The minimum atomic E-state index is -0.133. The van der Waals surface area contributed by atoms with Gasteiger partial charge >= 0.3 is 0 Å². The van der Waals surface area contributed by atoms with Gasteiger partial charge in [-0.3, -0.25) is 4.79 Å². The Kier molecular flexibility index (Phi) is 7.16. The standard InChI is InChI=1S/C19H26ClN7O/c1-3-23-25-27-8-6-26(7-9-27)16-4-5-17(21-13-16)24-18(28)11-15-10-14(2)19(20)22-12-15/h4-5,10,12-13,23,25H,3,6-9,11H2,1-2H3,(H,21,24,28). The number of pyridine rings is 2. The first kappa shape index (κ1) is 20.5. The maximum absolute atomic E-state index is 12.2. The lowest BCUT2D eigenvalue weighted by Gasteiger charge is -2.35. The van der Waals surface area contributed by atoms with E-state index >= 15 is 0 Å². The number of nitrogens with zero attached hydrogens (tertiary/aromatic N) is 4. The van der Waals surface area contributed by atoms with Crippen LogP contribution in [0.2, 0.25) is 5.15 Å². The van der Waals surface area contributed by atoms with Gasteiger partial charge in [-0.15, -0.1) is 0 Å². The lowest BCUT2D eigenvalue weighted by Crippen LogP contribution is -2.56. The number of hydrogen-bond donors (Lipinski definition) is 3. The van der Waals surface area contributed by atoms with E-state index in [9.17, 15) is 4.79 Å². The highest BCUT2D eigenvalue weighted by atomic mass is 35.5. The predicted octanol–water partition coefficient (Wildman–Crippen LogP) is 1.77. The van der Waals surface area contributed by atoms with Gasteiger partial charge in [0.2, 0.25) is 5.91 Å². The number of aromatic nitrogens is 2. The number of carbonyl (C=O) groups excluding carboxylic acids is 1. The second-order valence-corrected chi connectivity index (χ2v) is 7.05. The molecule has 0 saturated carbocycles. The van der Waals surface area contributed by atoms with Gasteiger partial charge in [-0.25, -0.2) is 20.4 Å². The third-order valence-corrected chi connectivity index (χ3v) is 4.91. The summed E-state index contributed by atoms with van der Waals surface area (Å²) >= 11 is 5.92. The molecule has 1 aliphatic rings. The highest BCUT2D eigenvalue weighted by molar-refractivity contribution is 6.30. The van der Waals surface area contributed by atoms with Gasteiger partial charge in [0.25, 0.3) is 0 Å². The van der Waals surface area contributed by atoms with E-state index in [0.717, 1.165) is 49.5 Å². The van der Waals surface area contributed by atoms with Crippen molar-refractivity contribution in [2.75, 3.05) is 42.9 Å². The lowest BCUT2D eigenvalue weighted by molar-refractivity contribution is -0.115. The fourth-order valence-corrected chi connectivity index (χ4v) is 3.10. The van der Waals surface area contributed by atoms with Crippen LogP contribution in [0.1, 0.15) is 18.1 Å². The van der Waals surface area contributed by atoms with Crippen LogP contribution in [0.25, 0.3) is 0 Å². The van der Waals surface area contributed by atoms with Gasteiger partial charge in [0.15, 0.2) is 0 Å². The molecule has 1 fully saturated rings. The zero-order chi connectivity index (χ0) is 19.9. The van der Waals surface area contributed by atoms with E-state index in [2.05, 4.69) is 43.1 Å². The molecule has 9 heteroatoms. The normalized spacial score (nSPS) is 14.9. The Morgan fingerprint density at radius 2 is 1.96 bits per heavy atom. The van der Waals surface area contributed by atoms with Gasteiger partial charge in [0, 0.05) is 38.9 Å². The SMILES string of the molecule is CCNNN1CCN(c2ccc(NC(=O)Cc3cnc(Cl)c(C)c3)nc2)CC1. The molecule has 0 spiro atoms. The Morgan fingerprint density at radius 3 is 2.61 bits per heavy atom. The summed E-state index contributed by atoms with van der Waals surface area (Å²) in [5.41, 5.74) is 9.03. The smallest absolute Gasteiger partial charge is 0.230 e. The van der Waals surface area contributed by atoms with E-state index in [-0.39, 0.29) is 12.3 Å². The molecule has 1 amide bonds. The van der Waals surface area contributed by atoms with Crippen molar-refractivity contribution in [3.05, 3.63) is 46.9 Å². The van der Waals surface area contributed by atoms with E-state index in [4.69, 9.17) is 11.6 Å². The summed E-state index contributed by atoms with van der Waals surface area (Å²) in [5.74, 6) is 0.409. The van der Waals surface area contributed by atoms with Crippen molar-refractivity contribution in [1.29, 1.82) is 0 Å². The highest BCUT2D eigenvalue weighted by Gasteiger charge is 2.17. The van der Waals surface area contributed by atoms with E-state index < -0.39 is 0 Å². The minimum Gasteiger partial charge on any atom is -0.368 e. The molecular formula is C19H26ClN7O. The zero-order valence-corrected chi connectivity index (χ0v) is 17.0. The molecule has 3 heterocycles. The second-order valence-electron chi connectivity index (χ2n) is 6.69. The summed E-state index contributed by atoms with van der Waals surface area (Å²) in [7, 11) is 0. The second kappa shape index (κ2) is 9.79. The van der Waals surface area contributed by atoms with Gasteiger partial charge < -0.3 is 10.2 Å². The maximum Gasteiger partial charge on any atom is 0.230 e. The first-order valence-electron chi connectivity index (χ1n) is 9.40. The molecule has 1 aliphatic heterocycles. The Morgan fingerprint density at radius 1 is 1.18 bits per heavy atom. The van der Waals surface area contributed by atoms with Gasteiger partial charge in [-0.05, 0) is 30.2 Å². The lowest BCUT2D eigenvalue weighted by atomic mass is 10.1. The molecule has 3 N–H and O–H groups in total. The average molecular weight is 404 g/mol. The molecule has 2 aromatic rings. The van der Waals surface area contributed by atoms with Crippen LogP contribution in [0, 0.1) is 6.92 Å². The molecule has 0 aliphatic carbocycles. The summed E-state index contributed by atoms with van der Waals surface area (Å²) in [4.78, 5) is 23.0. The molecular weight excluding hydrogens is 378 g/mol. The summed E-state index contributed by atoms with van der Waals surface area (Å²) in [6, 6.07) is 5.70. The van der Waals surface area contributed by atoms with Crippen molar-refractivity contribution in [3.8, 4) is 0 Å². The maximum atomic E-state index is 12.2. The molecule has 0 unspecified atom stereocenters. The van der Waals surface area contributed by atoms with Crippen LogP contribution in [-0.4, -0.2) is 53.6 Å². The molecule has 0 atom stereocenters. The summed E-state index contributed by atoms with van der Waals surface area (Å²) < 4.78 is 0. The topological polar surface area (TPSA) is 85.4 Å². The van der Waals surface area contributed by atoms with Crippen LogP contribution in [-0.2, 0) is 11.2 Å². The van der Waals surface area contributed by atoms with Crippen molar-refractivity contribution in [1.82, 2.24) is 25.9 Å². The number of rotatable bonds is 7. The third-order valence-electron chi connectivity index (χ3n) is 4.51. The van der Waals surface area contributed by atoms with E-state index in [0.29, 0.717) is 11.0 Å². The fraction of sp³-hybridized carbons (Fsp3) is 0.421. The summed E-state index contributed by atoms with van der Waals surface area (Å²) in [6.07, 6.45) is 3.65. The molecule has 2 aromatic heterocycles. The van der Waals surface area contributed by atoms with Gasteiger partial charge in [-0.1, -0.05) is 24.6 Å². The molecule has 0 radical (unpaired) electrons. The van der Waals surface area contributed by atoms with Crippen LogP contribution in [0.3, 0.4) is 0 Å². The Labute approximate surface area is 170 Å². The number of amides is 1. The largest absolute Gasteiger partial charge is 0.368 e. The van der Waals surface area contributed by atoms with Gasteiger partial charge in [0.1, 0.15) is 11.0 Å². The Bertz CT molecular complexity index is 791. The number of aryl methyl sites for hydroxylation is 1. The number of hydrogen-bond acceptors (Lipinski definition) is 7. The Hall–Kier alpha value is -2.26. The first-order chi connectivity index (χ1) is 13.5. The van der Waals surface area contributed by atoms with Gasteiger partial charge in [0.05, 0.1) is 18.3 Å². The first-order valence-corrected chi connectivity index (χ1v) is 9.78. The van der Waals surface area contributed by atoms with Crippen LogP contribution in [0.4, 0.5) is 11.5 Å². The number of anilines is 2. The molecule has 8 nitrogen and oxygen atoms in total. The average Bonchev–Trinajstić information content (AvgIpc) is 2.70. The number of hydrazine groups is 2. The monoisotopic (exact) mass is 403 g/mol. The van der Waals surface area contributed by atoms with E-state index in [1.54, 1.807) is 12.4 Å². The molecule has 150 valence electrons. The van der Waals surface area contributed by atoms with E-state index in [1.165, 1.54) is 0 Å². The van der Waals surface area contributed by atoms with Crippen LogP contribution >= 0.6 is 11.6 Å². The van der Waals surface area contributed by atoms with Crippen LogP contribution in [0.15, 0.2) is 30.6 Å². The molecule has 1 saturated heterocycles. The van der Waals surface area contributed by atoms with Crippen molar-refractivity contribution in [2.24, 2.45) is 0 Å². The molecule has 0 bridgehead atoms. The molecule has 3 rings (SSSR count). The van der Waals surface area contributed by atoms with Crippen molar-refractivity contribution >= 4 is 29.0 Å². The summed E-state index contributed by atoms with van der Waals surface area (Å²) in [5, 5.41) is 5.45. The van der Waals surface area contributed by atoms with E-state index in [1.807, 2.05) is 25.1 Å². The fourth-order valence-electron chi connectivity index (χ4n) is 3.00. The quantitative estimate of drug-likeness (QED) is 0.480. The number of carbonyl (C=O) groups is 1. The molecule has 0 aromatic carbocycles. The predicted molar refractivity (Wildman–Crippen MR) is 111 cm³/mol. The minimum absolute atomic E-state index is 0.133. The van der Waals surface area contributed by atoms with Crippen molar-refractivity contribution in [2.45, 2.75) is 20.3 Å². The van der Waals surface area contributed by atoms with Gasteiger partial charge in [-0.2, -0.15) is 5.53 Å². The number of nitrogens with one attached hydrogen (secondary N) is 3. The zero-order valence-electron chi connectivity index (χ0n) is 16.2.